The van der Waals surface area contributed by atoms with Gasteiger partial charge in [0.15, 0.2) is 5.11 Å². The van der Waals surface area contributed by atoms with E-state index in [1.165, 1.54) is 0 Å². The molecule has 2 N–H and O–H groups in total. The van der Waals surface area contributed by atoms with Crippen LogP contribution in [0.5, 0.6) is 0 Å². The Morgan fingerprint density at radius 1 is 1.68 bits per heavy atom. The Bertz CT molecular complexity index is 480. The molecule has 0 aromatic carbocycles. The van der Waals surface area contributed by atoms with Crippen molar-refractivity contribution in [3.63, 3.8) is 0 Å². The number of aryl methyl sites for hydroxylation is 1. The SMILES string of the molecule is Cc1nc(NC(=S)NC[C@@H]2CCCO2)c(Br)cc1Cl. The van der Waals surface area contributed by atoms with E-state index >= 15 is 0 Å². The Labute approximate surface area is 131 Å². The molecule has 0 radical (unpaired) electrons. The molecule has 4 nitrogen and oxygen atoms in total. The summed E-state index contributed by atoms with van der Waals surface area (Å²) < 4.78 is 6.30. The van der Waals surface area contributed by atoms with Crippen molar-refractivity contribution in [3.8, 4) is 0 Å². The number of rotatable bonds is 3. The molecule has 1 saturated heterocycles. The largest absolute Gasteiger partial charge is 0.376 e. The van der Waals surface area contributed by atoms with Crippen LogP contribution in [-0.2, 0) is 4.74 Å². The van der Waals surface area contributed by atoms with E-state index in [0.29, 0.717) is 16.0 Å². The van der Waals surface area contributed by atoms with Crippen molar-refractivity contribution in [2.45, 2.75) is 25.9 Å². The molecule has 2 heterocycles. The molecule has 0 saturated carbocycles. The molecule has 19 heavy (non-hydrogen) atoms. The third-order valence-corrected chi connectivity index (χ3v) is 4.08. The van der Waals surface area contributed by atoms with E-state index in [4.69, 9.17) is 28.6 Å². The maximum absolute atomic E-state index is 5.98. The van der Waals surface area contributed by atoms with Gasteiger partial charge >= 0.3 is 0 Å². The van der Waals surface area contributed by atoms with Gasteiger partial charge in [-0.25, -0.2) is 4.98 Å². The van der Waals surface area contributed by atoms with Crippen molar-refractivity contribution in [2.75, 3.05) is 18.5 Å². The van der Waals surface area contributed by atoms with Gasteiger partial charge in [0.25, 0.3) is 0 Å². The highest BCUT2D eigenvalue weighted by atomic mass is 79.9. The summed E-state index contributed by atoms with van der Waals surface area (Å²) in [5.41, 5.74) is 0.759. The predicted molar refractivity (Wildman–Crippen MR) is 84.9 cm³/mol. The minimum atomic E-state index is 0.253. The quantitative estimate of drug-likeness (QED) is 0.806. The first kappa shape index (κ1) is 15.0. The molecule has 1 fully saturated rings. The maximum Gasteiger partial charge on any atom is 0.172 e. The Kier molecular flexibility index (Phi) is 5.38. The van der Waals surface area contributed by atoms with Gasteiger partial charge in [-0.1, -0.05) is 11.6 Å². The summed E-state index contributed by atoms with van der Waals surface area (Å²) >= 11 is 14.6. The average Bonchev–Trinajstić information content (AvgIpc) is 2.86. The minimum Gasteiger partial charge on any atom is -0.376 e. The predicted octanol–water partition coefficient (Wildman–Crippen LogP) is 3.27. The highest BCUT2D eigenvalue weighted by molar-refractivity contribution is 9.10. The number of hydrogen-bond donors (Lipinski definition) is 2. The van der Waals surface area contributed by atoms with E-state index < -0.39 is 0 Å². The molecule has 0 amide bonds. The summed E-state index contributed by atoms with van der Waals surface area (Å²) in [6, 6.07) is 1.80. The lowest BCUT2D eigenvalue weighted by Gasteiger charge is -2.14. The molecule has 1 aliphatic rings. The molecule has 1 atom stereocenters. The van der Waals surface area contributed by atoms with Crippen LogP contribution in [-0.4, -0.2) is 29.4 Å². The van der Waals surface area contributed by atoms with Crippen LogP contribution in [0.4, 0.5) is 5.82 Å². The summed E-state index contributed by atoms with van der Waals surface area (Å²) in [6.07, 6.45) is 2.45. The fraction of sp³-hybridized carbons (Fsp3) is 0.500. The molecular formula is C12H15BrClN3OS. The van der Waals surface area contributed by atoms with E-state index in [1.807, 2.05) is 6.92 Å². The molecule has 0 spiro atoms. The number of halogens is 2. The zero-order valence-electron chi connectivity index (χ0n) is 10.5. The Hall–Kier alpha value is -0.430. The lowest BCUT2D eigenvalue weighted by molar-refractivity contribution is 0.114. The van der Waals surface area contributed by atoms with E-state index in [-0.39, 0.29) is 6.10 Å². The van der Waals surface area contributed by atoms with Gasteiger partial charge in [0.1, 0.15) is 5.82 Å². The van der Waals surface area contributed by atoms with Gasteiger partial charge in [-0.05, 0) is 54.0 Å². The normalized spacial score (nSPS) is 18.4. The first-order valence-corrected chi connectivity index (χ1v) is 7.63. The van der Waals surface area contributed by atoms with Crippen LogP contribution in [0.2, 0.25) is 5.02 Å². The Morgan fingerprint density at radius 2 is 2.47 bits per heavy atom. The van der Waals surface area contributed by atoms with Crippen molar-refractivity contribution in [1.82, 2.24) is 10.3 Å². The standard InChI is InChI=1S/C12H15BrClN3OS/c1-7-10(14)5-9(13)11(16-7)17-12(19)15-6-8-3-2-4-18-8/h5,8H,2-4,6H2,1H3,(H2,15,16,17,19)/t8-/m0/s1. The Balaban J connectivity index is 1.89. The highest BCUT2D eigenvalue weighted by Crippen LogP contribution is 2.25. The number of pyridine rings is 1. The number of nitrogens with zero attached hydrogens (tertiary/aromatic N) is 1. The fourth-order valence-corrected chi connectivity index (χ4v) is 2.69. The molecule has 0 bridgehead atoms. The topological polar surface area (TPSA) is 46.2 Å². The monoisotopic (exact) mass is 363 g/mol. The molecule has 104 valence electrons. The van der Waals surface area contributed by atoms with Crippen LogP contribution < -0.4 is 10.6 Å². The smallest absolute Gasteiger partial charge is 0.172 e. The molecule has 1 aliphatic heterocycles. The van der Waals surface area contributed by atoms with Gasteiger partial charge in [0.2, 0.25) is 0 Å². The van der Waals surface area contributed by atoms with Gasteiger partial charge in [-0.2, -0.15) is 0 Å². The van der Waals surface area contributed by atoms with Crippen molar-refractivity contribution < 1.29 is 4.74 Å². The maximum atomic E-state index is 5.98. The van der Waals surface area contributed by atoms with Crippen molar-refractivity contribution >= 4 is 50.7 Å². The zero-order chi connectivity index (χ0) is 13.8. The average molecular weight is 365 g/mol. The highest BCUT2D eigenvalue weighted by Gasteiger charge is 2.15. The third-order valence-electron chi connectivity index (χ3n) is 2.85. The third kappa shape index (κ3) is 4.27. The lowest BCUT2D eigenvalue weighted by atomic mass is 10.2. The number of hydrogen-bond acceptors (Lipinski definition) is 3. The van der Waals surface area contributed by atoms with Crippen LogP contribution in [0.25, 0.3) is 0 Å². The van der Waals surface area contributed by atoms with Crippen LogP contribution in [0.3, 0.4) is 0 Å². The van der Waals surface area contributed by atoms with Crippen molar-refractivity contribution in [2.24, 2.45) is 0 Å². The first-order chi connectivity index (χ1) is 9.06. The second kappa shape index (κ2) is 6.83. The van der Waals surface area contributed by atoms with Crippen LogP contribution in [0, 0.1) is 6.92 Å². The zero-order valence-corrected chi connectivity index (χ0v) is 13.7. The number of thiocarbonyl (C=S) groups is 1. The first-order valence-electron chi connectivity index (χ1n) is 6.05. The number of nitrogens with one attached hydrogen (secondary N) is 2. The molecule has 0 unspecified atom stereocenters. The second-order valence-corrected chi connectivity index (χ2v) is 6.03. The molecule has 2 rings (SSSR count). The molecule has 1 aromatic rings. The summed E-state index contributed by atoms with van der Waals surface area (Å²) in [5.74, 6) is 0.659. The van der Waals surface area contributed by atoms with Gasteiger partial charge in [-0.3, -0.25) is 0 Å². The summed E-state index contributed by atoms with van der Waals surface area (Å²) in [5, 5.41) is 7.34. The van der Waals surface area contributed by atoms with E-state index in [2.05, 4.69) is 31.5 Å². The van der Waals surface area contributed by atoms with E-state index in [0.717, 1.165) is 36.2 Å². The van der Waals surface area contributed by atoms with Gasteiger partial charge < -0.3 is 15.4 Å². The summed E-state index contributed by atoms with van der Waals surface area (Å²) in [7, 11) is 0. The summed E-state index contributed by atoms with van der Waals surface area (Å²) in [6.45, 7) is 3.41. The molecule has 1 aromatic heterocycles. The summed E-state index contributed by atoms with van der Waals surface area (Å²) in [4.78, 5) is 4.34. The van der Waals surface area contributed by atoms with Gasteiger partial charge in [0, 0.05) is 13.2 Å². The van der Waals surface area contributed by atoms with Crippen LogP contribution >= 0.6 is 39.7 Å². The minimum absolute atomic E-state index is 0.253. The van der Waals surface area contributed by atoms with Gasteiger partial charge in [0.05, 0.1) is 21.3 Å². The number of anilines is 1. The van der Waals surface area contributed by atoms with Crippen molar-refractivity contribution in [1.29, 1.82) is 0 Å². The Morgan fingerprint density at radius 3 is 3.16 bits per heavy atom. The van der Waals surface area contributed by atoms with E-state index in [9.17, 15) is 0 Å². The van der Waals surface area contributed by atoms with Gasteiger partial charge in [-0.15, -0.1) is 0 Å². The molecular weight excluding hydrogens is 350 g/mol. The number of aromatic nitrogens is 1. The molecule has 0 aliphatic carbocycles. The molecule has 7 heteroatoms. The van der Waals surface area contributed by atoms with Crippen LogP contribution in [0.15, 0.2) is 10.5 Å². The van der Waals surface area contributed by atoms with Crippen LogP contribution in [0.1, 0.15) is 18.5 Å². The second-order valence-electron chi connectivity index (χ2n) is 4.36. The number of ether oxygens (including phenoxy) is 1. The fourth-order valence-electron chi connectivity index (χ4n) is 1.81. The van der Waals surface area contributed by atoms with Crippen molar-refractivity contribution in [3.05, 3.63) is 21.3 Å². The lowest BCUT2D eigenvalue weighted by Crippen LogP contribution is -2.35. The van der Waals surface area contributed by atoms with E-state index in [1.54, 1.807) is 6.07 Å².